The zero-order valence-electron chi connectivity index (χ0n) is 46.7. The van der Waals surface area contributed by atoms with Gasteiger partial charge in [-0.3, -0.25) is 0 Å². The molecule has 0 aromatic heterocycles. The zero-order valence-corrected chi connectivity index (χ0v) is 46.7. The fraction of sp³-hybridized carbons (Fsp3) is 0.455. The lowest BCUT2D eigenvalue weighted by molar-refractivity contribution is 0.523. The summed E-state index contributed by atoms with van der Waals surface area (Å²) < 4.78 is 0. The van der Waals surface area contributed by atoms with E-state index in [1.54, 1.807) is 0 Å². The summed E-state index contributed by atoms with van der Waals surface area (Å²) in [6.07, 6.45) is 2.95. The van der Waals surface area contributed by atoms with Crippen molar-refractivity contribution in [3.8, 4) is 0 Å². The first-order valence-corrected chi connectivity index (χ1v) is 26.9. The van der Waals surface area contributed by atoms with E-state index in [0.717, 1.165) is 30.6 Å². The Morgan fingerprint density at radius 1 is 0.457 bits per heavy atom. The van der Waals surface area contributed by atoms with Crippen LogP contribution >= 0.6 is 0 Å². The first-order valence-electron chi connectivity index (χ1n) is 26.9. The average molecular weight is 937 g/mol. The molecule has 0 bridgehead atoms. The molecule has 0 aliphatic carbocycles. The van der Waals surface area contributed by atoms with Crippen LogP contribution in [0.2, 0.25) is 0 Å². The Morgan fingerprint density at radius 2 is 0.843 bits per heavy atom. The molecule has 70 heavy (non-hydrogen) atoms. The summed E-state index contributed by atoms with van der Waals surface area (Å²) in [5.41, 5.74) is 28.8. The number of rotatable bonds is 16. The van der Waals surface area contributed by atoms with Crippen molar-refractivity contribution >= 4 is 45.5 Å². The van der Waals surface area contributed by atoms with Crippen LogP contribution in [-0.4, -0.2) is 0 Å². The van der Waals surface area contributed by atoms with Crippen LogP contribution in [0.15, 0.2) is 84.9 Å². The van der Waals surface area contributed by atoms with Crippen molar-refractivity contribution in [2.75, 3.05) is 21.3 Å². The minimum Gasteiger partial charge on any atom is -0.353 e. The maximum Gasteiger partial charge on any atom is 0.0662 e. The molecule has 1 atom stereocenters. The van der Waals surface area contributed by atoms with Crippen LogP contribution in [0, 0.1) is 27.7 Å². The number of hydrogen-bond acceptors (Lipinski definition) is 4. The molecule has 372 valence electrons. The molecule has 6 aromatic carbocycles. The lowest BCUT2D eigenvalue weighted by atomic mass is 9.75. The Kier molecular flexibility index (Phi) is 15.8. The lowest BCUT2D eigenvalue weighted by Gasteiger charge is -2.30. The number of nitrogens with one attached hydrogen (secondary N) is 4. The van der Waals surface area contributed by atoms with Gasteiger partial charge in [-0.15, -0.1) is 0 Å². The van der Waals surface area contributed by atoms with Crippen LogP contribution in [0.3, 0.4) is 0 Å². The second kappa shape index (κ2) is 21.1. The summed E-state index contributed by atoms with van der Waals surface area (Å²) in [7, 11) is 0. The van der Waals surface area contributed by atoms with Gasteiger partial charge < -0.3 is 21.3 Å². The van der Waals surface area contributed by atoms with E-state index in [0.29, 0.717) is 35.5 Å². The van der Waals surface area contributed by atoms with E-state index < -0.39 is 0 Å². The summed E-state index contributed by atoms with van der Waals surface area (Å²) in [6, 6.07) is 32.4. The van der Waals surface area contributed by atoms with Gasteiger partial charge in [0.2, 0.25) is 0 Å². The molecule has 1 aliphatic heterocycles. The summed E-state index contributed by atoms with van der Waals surface area (Å²) >= 11 is 0. The number of hydrogen-bond donors (Lipinski definition) is 4. The Bertz CT molecular complexity index is 2800. The standard InChI is InChI=1S/C66H88N4/c1-37(2)48-24-20-25-49(38(3)4)61(48)67-58-34-44(14)45(15)35-59(58)68-63-52(41(9)10)28-22-30-54(63)43(13)32-33-55-46(16)47(17)60(69-62-50(39(5)6)26-21-27-51(62)40(7)8)65-56(55)36-66(18,19)57-31-23-29-53(42(11)12)64(57)70-65/h20-31,34-35,37-43,67-70H,32-33,36H2,1-19H3. The zero-order chi connectivity index (χ0) is 51.1. The molecule has 1 unspecified atom stereocenters. The highest BCUT2D eigenvalue weighted by molar-refractivity contribution is 5.90. The highest BCUT2D eigenvalue weighted by Crippen LogP contribution is 2.51. The molecule has 4 heteroatoms. The number of aryl methyl sites for hydroxylation is 2. The molecular weight excluding hydrogens is 849 g/mol. The van der Waals surface area contributed by atoms with Gasteiger partial charge in [0, 0.05) is 22.7 Å². The summed E-state index contributed by atoms with van der Waals surface area (Å²) in [5.74, 6) is 2.56. The second-order valence-electron chi connectivity index (χ2n) is 23.6. The summed E-state index contributed by atoms with van der Waals surface area (Å²) in [6.45, 7) is 44.4. The summed E-state index contributed by atoms with van der Waals surface area (Å²) in [4.78, 5) is 0. The van der Waals surface area contributed by atoms with Crippen molar-refractivity contribution in [1.82, 2.24) is 0 Å². The van der Waals surface area contributed by atoms with E-state index in [1.807, 2.05) is 0 Å². The van der Waals surface area contributed by atoms with Gasteiger partial charge in [-0.1, -0.05) is 177 Å². The Morgan fingerprint density at radius 3 is 1.29 bits per heavy atom. The monoisotopic (exact) mass is 937 g/mol. The normalized spacial score (nSPS) is 13.8. The average Bonchev–Trinajstić information content (AvgIpc) is 3.41. The van der Waals surface area contributed by atoms with E-state index in [1.165, 1.54) is 112 Å². The van der Waals surface area contributed by atoms with Crippen molar-refractivity contribution < 1.29 is 0 Å². The predicted molar refractivity (Wildman–Crippen MR) is 309 cm³/mol. The molecule has 4 nitrogen and oxygen atoms in total. The topological polar surface area (TPSA) is 48.1 Å². The van der Waals surface area contributed by atoms with E-state index >= 15 is 0 Å². The maximum atomic E-state index is 4.25. The number of para-hydroxylation sites is 4. The molecule has 0 fully saturated rings. The highest BCUT2D eigenvalue weighted by atomic mass is 15.0. The smallest absolute Gasteiger partial charge is 0.0662 e. The molecule has 1 heterocycles. The molecule has 7 rings (SSSR count). The predicted octanol–water partition coefficient (Wildman–Crippen LogP) is 20.2. The SMILES string of the molecule is Cc1cc(Nc2c(C(C)C)cccc2C(C)C)c(Nc2c(C(C)C)cccc2C(C)CCc2c(C)c(C)c(Nc3c(C(C)C)cccc3C(C)C)c3c2CC(C)(C)c2cccc(C(C)C)c2N3)cc1C. The first-order chi connectivity index (χ1) is 33.0. The van der Waals surface area contributed by atoms with Crippen LogP contribution in [0.4, 0.5) is 45.5 Å². The van der Waals surface area contributed by atoms with Crippen LogP contribution in [0.25, 0.3) is 0 Å². The third kappa shape index (κ3) is 10.4. The third-order valence-electron chi connectivity index (χ3n) is 15.9. The third-order valence-corrected chi connectivity index (χ3v) is 15.9. The molecule has 0 spiro atoms. The van der Waals surface area contributed by atoms with Crippen molar-refractivity contribution in [1.29, 1.82) is 0 Å². The van der Waals surface area contributed by atoms with Crippen LogP contribution in [-0.2, 0) is 18.3 Å². The van der Waals surface area contributed by atoms with Gasteiger partial charge in [0.05, 0.1) is 22.7 Å². The quantitative estimate of drug-likeness (QED) is 0.0781. The number of fused-ring (bicyclic) bond motifs is 2. The molecule has 0 amide bonds. The fourth-order valence-corrected chi connectivity index (χ4v) is 11.3. The van der Waals surface area contributed by atoms with E-state index in [9.17, 15) is 0 Å². The number of benzene rings is 6. The van der Waals surface area contributed by atoms with Gasteiger partial charge in [0.1, 0.15) is 0 Å². The Balaban J connectivity index is 1.34. The molecular formula is C66H88N4. The van der Waals surface area contributed by atoms with Gasteiger partial charge in [0.15, 0.2) is 0 Å². The van der Waals surface area contributed by atoms with Gasteiger partial charge in [-0.2, -0.15) is 0 Å². The van der Waals surface area contributed by atoms with Gasteiger partial charge in [0.25, 0.3) is 0 Å². The highest BCUT2D eigenvalue weighted by Gasteiger charge is 2.35. The van der Waals surface area contributed by atoms with Crippen molar-refractivity contribution in [3.05, 3.63) is 163 Å². The molecule has 4 N–H and O–H groups in total. The lowest BCUT2D eigenvalue weighted by Crippen LogP contribution is -2.21. The Hall–Kier alpha value is -5.48. The minimum atomic E-state index is -0.0943. The van der Waals surface area contributed by atoms with Crippen molar-refractivity contribution in [2.24, 2.45) is 0 Å². The van der Waals surface area contributed by atoms with Crippen LogP contribution in [0.5, 0.6) is 0 Å². The van der Waals surface area contributed by atoms with Gasteiger partial charge in [-0.25, -0.2) is 0 Å². The molecule has 0 saturated heterocycles. The molecule has 0 radical (unpaired) electrons. The van der Waals surface area contributed by atoms with Crippen molar-refractivity contribution in [2.45, 2.75) is 198 Å². The van der Waals surface area contributed by atoms with Crippen LogP contribution in [0.1, 0.15) is 230 Å². The van der Waals surface area contributed by atoms with E-state index in [-0.39, 0.29) is 11.3 Å². The fourth-order valence-electron chi connectivity index (χ4n) is 11.3. The van der Waals surface area contributed by atoms with Gasteiger partial charge in [-0.05, 0) is 184 Å². The van der Waals surface area contributed by atoms with Gasteiger partial charge >= 0.3 is 0 Å². The molecule has 0 saturated carbocycles. The maximum absolute atomic E-state index is 4.25. The minimum absolute atomic E-state index is 0.0943. The second-order valence-corrected chi connectivity index (χ2v) is 23.6. The first kappa shape index (κ1) is 52.3. The molecule has 1 aliphatic rings. The molecule has 6 aromatic rings. The van der Waals surface area contributed by atoms with Crippen LogP contribution < -0.4 is 21.3 Å². The van der Waals surface area contributed by atoms with E-state index in [2.05, 4.69) is 238 Å². The summed E-state index contributed by atoms with van der Waals surface area (Å²) in [5, 5.41) is 16.6. The van der Waals surface area contributed by atoms with E-state index in [4.69, 9.17) is 0 Å². The van der Waals surface area contributed by atoms with Crippen molar-refractivity contribution in [3.63, 3.8) is 0 Å². The number of anilines is 8. The largest absolute Gasteiger partial charge is 0.353 e. The Labute approximate surface area is 425 Å².